The largest absolute Gasteiger partial charge is 0.379 e. The van der Waals surface area contributed by atoms with Gasteiger partial charge in [0.1, 0.15) is 5.69 Å². The first-order chi connectivity index (χ1) is 10.2. The molecule has 0 atom stereocenters. The summed E-state index contributed by atoms with van der Waals surface area (Å²) in [5, 5.41) is 11.2. The molecule has 1 aromatic rings. The fourth-order valence-electron chi connectivity index (χ4n) is 2.57. The van der Waals surface area contributed by atoms with Gasteiger partial charge in [-0.05, 0) is 44.6 Å². The van der Waals surface area contributed by atoms with Crippen molar-refractivity contribution >= 4 is 17.3 Å². The lowest BCUT2D eigenvalue weighted by atomic mass is 9.85. The second-order valence-electron chi connectivity index (χ2n) is 6.16. The molecule has 2 fully saturated rings. The molecule has 21 heavy (non-hydrogen) atoms. The molecule has 0 radical (unpaired) electrons. The van der Waals surface area contributed by atoms with Crippen LogP contribution in [0.1, 0.15) is 38.5 Å². The summed E-state index contributed by atoms with van der Waals surface area (Å²) in [6, 6.07) is 0.731. The first-order valence-electron chi connectivity index (χ1n) is 7.97. The molecule has 0 amide bonds. The van der Waals surface area contributed by atoms with Crippen molar-refractivity contribution < 1.29 is 0 Å². The van der Waals surface area contributed by atoms with E-state index in [0.29, 0.717) is 23.2 Å². The van der Waals surface area contributed by atoms with E-state index in [4.69, 9.17) is 11.6 Å². The molecule has 5 nitrogen and oxygen atoms in total. The van der Waals surface area contributed by atoms with Crippen LogP contribution in [0.15, 0.2) is 11.0 Å². The summed E-state index contributed by atoms with van der Waals surface area (Å²) in [6.07, 6.45) is 8.83. The molecule has 2 aliphatic carbocycles. The van der Waals surface area contributed by atoms with Crippen LogP contribution in [0.25, 0.3) is 0 Å². The number of nitrogens with one attached hydrogen (secondary N) is 2. The van der Waals surface area contributed by atoms with Gasteiger partial charge in [0.25, 0.3) is 5.56 Å². The summed E-state index contributed by atoms with van der Waals surface area (Å²) < 4.78 is 1.56. The van der Waals surface area contributed by atoms with Gasteiger partial charge in [-0.15, -0.1) is 0 Å². The van der Waals surface area contributed by atoms with Gasteiger partial charge in [-0.2, -0.15) is 5.10 Å². The van der Waals surface area contributed by atoms with Crippen LogP contribution in [0.4, 0.5) is 5.69 Å². The van der Waals surface area contributed by atoms with Gasteiger partial charge >= 0.3 is 0 Å². The summed E-state index contributed by atoms with van der Waals surface area (Å²) in [7, 11) is 0. The number of aromatic nitrogens is 2. The predicted octanol–water partition coefficient (Wildman–Crippen LogP) is 2.25. The summed E-state index contributed by atoms with van der Waals surface area (Å²) in [6.45, 7) is 2.45. The SMILES string of the molecule is O=c1c(NCCCNC2CC2)c(Cl)cnn1CC1CCC1. The molecule has 3 rings (SSSR count). The Bertz CT molecular complexity index is 537. The van der Waals surface area contributed by atoms with Gasteiger partial charge in [0, 0.05) is 19.1 Å². The Morgan fingerprint density at radius 1 is 1.29 bits per heavy atom. The van der Waals surface area contributed by atoms with Crippen LogP contribution < -0.4 is 16.2 Å². The van der Waals surface area contributed by atoms with Gasteiger partial charge in [-0.3, -0.25) is 4.79 Å². The Balaban J connectivity index is 1.54. The zero-order chi connectivity index (χ0) is 14.7. The van der Waals surface area contributed by atoms with Crippen LogP contribution in [0, 0.1) is 5.92 Å². The monoisotopic (exact) mass is 310 g/mol. The topological polar surface area (TPSA) is 59.0 Å². The normalized spacial score (nSPS) is 18.5. The quantitative estimate of drug-likeness (QED) is 0.723. The minimum absolute atomic E-state index is 0.0930. The van der Waals surface area contributed by atoms with Crippen LogP contribution in [-0.2, 0) is 6.54 Å². The van der Waals surface area contributed by atoms with E-state index in [1.165, 1.54) is 32.1 Å². The van der Waals surface area contributed by atoms with Gasteiger partial charge in [0.2, 0.25) is 0 Å². The highest BCUT2D eigenvalue weighted by Crippen LogP contribution is 2.27. The molecule has 0 saturated heterocycles. The van der Waals surface area contributed by atoms with Gasteiger partial charge in [-0.25, -0.2) is 4.68 Å². The third-order valence-corrected chi connectivity index (χ3v) is 4.61. The molecular formula is C15H23ClN4O. The number of anilines is 1. The molecule has 1 aromatic heterocycles. The third kappa shape index (κ3) is 3.98. The van der Waals surface area contributed by atoms with Gasteiger partial charge in [0.15, 0.2) is 0 Å². The second-order valence-corrected chi connectivity index (χ2v) is 6.57. The summed E-state index contributed by atoms with van der Waals surface area (Å²) >= 11 is 6.11. The minimum Gasteiger partial charge on any atom is -0.379 e. The molecule has 2 aliphatic rings. The van der Waals surface area contributed by atoms with Crippen LogP contribution in [-0.4, -0.2) is 28.9 Å². The van der Waals surface area contributed by atoms with Gasteiger partial charge < -0.3 is 10.6 Å². The molecule has 0 aromatic carbocycles. The van der Waals surface area contributed by atoms with Crippen LogP contribution >= 0.6 is 11.6 Å². The maximum Gasteiger partial charge on any atom is 0.291 e. The maximum atomic E-state index is 12.4. The number of hydrogen-bond acceptors (Lipinski definition) is 4. The lowest BCUT2D eigenvalue weighted by Crippen LogP contribution is -2.31. The lowest BCUT2D eigenvalue weighted by molar-refractivity contribution is 0.262. The average Bonchev–Trinajstić information content (AvgIpc) is 3.23. The predicted molar refractivity (Wildman–Crippen MR) is 85.0 cm³/mol. The Labute approximate surface area is 130 Å². The van der Waals surface area contributed by atoms with Crippen LogP contribution in [0.2, 0.25) is 5.02 Å². The molecule has 0 bridgehead atoms. The standard InChI is InChI=1S/C15H23ClN4O/c16-13-9-19-20(10-11-3-1-4-11)15(21)14(13)18-8-2-7-17-12-5-6-12/h9,11-12,17-18H,1-8,10H2. The lowest BCUT2D eigenvalue weighted by Gasteiger charge is -2.25. The molecule has 2 saturated carbocycles. The Morgan fingerprint density at radius 3 is 2.76 bits per heavy atom. The highest BCUT2D eigenvalue weighted by atomic mass is 35.5. The Kier molecular flexibility index (Phi) is 4.80. The van der Waals surface area contributed by atoms with Crippen molar-refractivity contribution in [1.29, 1.82) is 0 Å². The first-order valence-corrected chi connectivity index (χ1v) is 8.34. The molecule has 0 unspecified atom stereocenters. The number of hydrogen-bond donors (Lipinski definition) is 2. The number of rotatable bonds is 8. The summed E-state index contributed by atoms with van der Waals surface area (Å²) in [4.78, 5) is 12.4. The second kappa shape index (κ2) is 6.79. The van der Waals surface area contributed by atoms with E-state index in [0.717, 1.165) is 25.6 Å². The fourth-order valence-corrected chi connectivity index (χ4v) is 2.77. The summed E-state index contributed by atoms with van der Waals surface area (Å²) in [5.41, 5.74) is 0.405. The van der Waals surface area contributed by atoms with Crippen LogP contribution in [0.3, 0.4) is 0 Å². The van der Waals surface area contributed by atoms with Crippen molar-refractivity contribution in [3.05, 3.63) is 21.6 Å². The highest BCUT2D eigenvalue weighted by Gasteiger charge is 2.21. The Morgan fingerprint density at radius 2 is 2.10 bits per heavy atom. The first kappa shape index (κ1) is 14.9. The van der Waals surface area contributed by atoms with E-state index >= 15 is 0 Å². The molecule has 1 heterocycles. The smallest absolute Gasteiger partial charge is 0.291 e. The van der Waals surface area contributed by atoms with Crippen molar-refractivity contribution in [1.82, 2.24) is 15.1 Å². The molecular weight excluding hydrogens is 288 g/mol. The molecule has 2 N–H and O–H groups in total. The Hall–Kier alpha value is -1.07. The zero-order valence-corrected chi connectivity index (χ0v) is 13.0. The maximum absolute atomic E-state index is 12.4. The van der Waals surface area contributed by atoms with E-state index in [9.17, 15) is 4.79 Å². The molecule has 0 spiro atoms. The van der Waals surface area contributed by atoms with Crippen LogP contribution in [0.5, 0.6) is 0 Å². The van der Waals surface area contributed by atoms with Crippen molar-refractivity contribution in [2.45, 2.75) is 51.1 Å². The highest BCUT2D eigenvalue weighted by molar-refractivity contribution is 6.32. The van der Waals surface area contributed by atoms with Gasteiger partial charge in [-0.1, -0.05) is 18.0 Å². The molecule has 116 valence electrons. The van der Waals surface area contributed by atoms with E-state index in [2.05, 4.69) is 15.7 Å². The van der Waals surface area contributed by atoms with Crippen molar-refractivity contribution in [3.8, 4) is 0 Å². The number of halogens is 1. The van der Waals surface area contributed by atoms with Crippen molar-refractivity contribution in [2.75, 3.05) is 18.4 Å². The van der Waals surface area contributed by atoms with E-state index in [1.54, 1.807) is 10.9 Å². The van der Waals surface area contributed by atoms with Crippen molar-refractivity contribution in [3.63, 3.8) is 0 Å². The molecule has 0 aliphatic heterocycles. The van der Waals surface area contributed by atoms with E-state index in [-0.39, 0.29) is 5.56 Å². The van der Waals surface area contributed by atoms with E-state index in [1.807, 2.05) is 0 Å². The van der Waals surface area contributed by atoms with Crippen molar-refractivity contribution in [2.24, 2.45) is 5.92 Å². The average molecular weight is 311 g/mol. The number of nitrogens with zero attached hydrogens (tertiary/aromatic N) is 2. The summed E-state index contributed by atoms with van der Waals surface area (Å²) in [5.74, 6) is 0.604. The zero-order valence-electron chi connectivity index (χ0n) is 12.3. The van der Waals surface area contributed by atoms with E-state index < -0.39 is 0 Å². The molecule has 6 heteroatoms. The minimum atomic E-state index is -0.0930. The third-order valence-electron chi connectivity index (χ3n) is 4.32. The fraction of sp³-hybridized carbons (Fsp3) is 0.733. The van der Waals surface area contributed by atoms with Gasteiger partial charge in [0.05, 0.1) is 11.2 Å².